The lowest BCUT2D eigenvalue weighted by molar-refractivity contribution is 0.0130. The summed E-state index contributed by atoms with van der Waals surface area (Å²) in [6, 6.07) is 5.86. The third-order valence-electron chi connectivity index (χ3n) is 4.70. The lowest BCUT2D eigenvalue weighted by atomic mass is 10.1. The maximum absolute atomic E-state index is 12.3. The van der Waals surface area contributed by atoms with Crippen molar-refractivity contribution in [1.82, 2.24) is 9.78 Å². The Hall–Kier alpha value is -2.32. The molecule has 4 rings (SSSR count). The van der Waals surface area contributed by atoms with Crippen LogP contribution >= 0.6 is 0 Å². The highest BCUT2D eigenvalue weighted by Crippen LogP contribution is 2.27. The number of aryl methyl sites for hydroxylation is 1. The number of hydrogen-bond acceptors (Lipinski definition) is 4. The van der Waals surface area contributed by atoms with Crippen molar-refractivity contribution in [3.63, 3.8) is 0 Å². The molecule has 1 unspecified atom stereocenters. The van der Waals surface area contributed by atoms with Gasteiger partial charge in [0.05, 0.1) is 18.2 Å². The monoisotopic (exact) mass is 338 g/mol. The first-order valence-corrected chi connectivity index (χ1v) is 9.02. The Morgan fingerprint density at radius 1 is 1.28 bits per heavy atom. The number of aromatic nitrogens is 2. The normalized spacial score (nSPS) is 20.1. The van der Waals surface area contributed by atoms with Crippen LogP contribution in [0.3, 0.4) is 0 Å². The SMILES string of the molecule is Cc1ccc(C#CC2CC2)cc1-n1nc(CC2CCCCO2)oc1=O. The molecule has 1 aromatic carbocycles. The molecule has 2 aromatic rings. The smallest absolute Gasteiger partial charge is 0.392 e. The van der Waals surface area contributed by atoms with E-state index in [0.717, 1.165) is 42.7 Å². The Labute approximate surface area is 147 Å². The van der Waals surface area contributed by atoms with E-state index < -0.39 is 5.76 Å². The van der Waals surface area contributed by atoms with E-state index in [0.29, 0.717) is 18.2 Å². The zero-order valence-electron chi connectivity index (χ0n) is 14.5. The van der Waals surface area contributed by atoms with Crippen molar-refractivity contribution >= 4 is 0 Å². The molecule has 0 radical (unpaired) electrons. The van der Waals surface area contributed by atoms with Crippen LogP contribution in [0.25, 0.3) is 5.69 Å². The van der Waals surface area contributed by atoms with Crippen molar-refractivity contribution in [2.75, 3.05) is 6.61 Å². The molecule has 1 atom stereocenters. The summed E-state index contributed by atoms with van der Waals surface area (Å²) in [4.78, 5) is 12.3. The fraction of sp³-hybridized carbons (Fsp3) is 0.500. The molecule has 0 bridgehead atoms. The van der Waals surface area contributed by atoms with Gasteiger partial charge in [0.1, 0.15) is 0 Å². The summed E-state index contributed by atoms with van der Waals surface area (Å²) in [5.41, 5.74) is 2.60. The second-order valence-corrected chi connectivity index (χ2v) is 6.91. The van der Waals surface area contributed by atoms with Crippen LogP contribution in [0.5, 0.6) is 0 Å². The molecule has 1 aromatic heterocycles. The molecule has 1 aliphatic carbocycles. The van der Waals surface area contributed by atoms with Gasteiger partial charge in [-0.1, -0.05) is 17.9 Å². The number of ether oxygens (including phenoxy) is 1. The van der Waals surface area contributed by atoms with Crippen molar-refractivity contribution in [2.24, 2.45) is 5.92 Å². The van der Waals surface area contributed by atoms with Crippen LogP contribution in [-0.2, 0) is 11.2 Å². The number of nitrogens with zero attached hydrogens (tertiary/aromatic N) is 2. The van der Waals surface area contributed by atoms with E-state index in [1.807, 2.05) is 25.1 Å². The fourth-order valence-corrected chi connectivity index (χ4v) is 3.04. The van der Waals surface area contributed by atoms with Gasteiger partial charge in [-0.2, -0.15) is 4.68 Å². The summed E-state index contributed by atoms with van der Waals surface area (Å²) < 4.78 is 12.4. The molecule has 2 fully saturated rings. The summed E-state index contributed by atoms with van der Waals surface area (Å²) in [5.74, 6) is 6.96. The van der Waals surface area contributed by atoms with Crippen LogP contribution in [0.2, 0.25) is 0 Å². The Balaban J connectivity index is 1.59. The number of rotatable bonds is 3. The average Bonchev–Trinajstić information content (AvgIpc) is 3.38. The topological polar surface area (TPSA) is 57.3 Å². The van der Waals surface area contributed by atoms with E-state index in [-0.39, 0.29) is 6.10 Å². The van der Waals surface area contributed by atoms with Gasteiger partial charge in [-0.05, 0) is 56.7 Å². The van der Waals surface area contributed by atoms with Crippen molar-refractivity contribution < 1.29 is 9.15 Å². The molecular formula is C20H22N2O3. The quantitative estimate of drug-likeness (QED) is 0.807. The van der Waals surface area contributed by atoms with Gasteiger partial charge >= 0.3 is 5.76 Å². The van der Waals surface area contributed by atoms with Crippen molar-refractivity contribution in [3.05, 3.63) is 45.8 Å². The second-order valence-electron chi connectivity index (χ2n) is 6.91. The zero-order valence-corrected chi connectivity index (χ0v) is 14.5. The summed E-state index contributed by atoms with van der Waals surface area (Å²) in [6.45, 7) is 2.73. The third kappa shape index (κ3) is 3.85. The van der Waals surface area contributed by atoms with Crippen molar-refractivity contribution in [1.29, 1.82) is 0 Å². The van der Waals surface area contributed by atoms with Crippen LogP contribution in [0.15, 0.2) is 27.4 Å². The molecular weight excluding hydrogens is 316 g/mol. The molecule has 1 aliphatic heterocycles. The molecule has 1 saturated heterocycles. The number of benzene rings is 1. The van der Waals surface area contributed by atoms with Crippen LogP contribution in [0, 0.1) is 24.7 Å². The highest BCUT2D eigenvalue weighted by atomic mass is 16.5. The Morgan fingerprint density at radius 2 is 2.16 bits per heavy atom. The van der Waals surface area contributed by atoms with Gasteiger partial charge in [-0.25, -0.2) is 4.79 Å². The zero-order chi connectivity index (χ0) is 17.2. The maximum Gasteiger partial charge on any atom is 0.441 e. The Kier molecular flexibility index (Phi) is 4.46. The predicted octanol–water partition coefficient (Wildman–Crippen LogP) is 3.01. The molecule has 0 spiro atoms. The molecule has 5 nitrogen and oxygen atoms in total. The lowest BCUT2D eigenvalue weighted by Crippen LogP contribution is -2.21. The van der Waals surface area contributed by atoms with E-state index in [1.165, 1.54) is 17.5 Å². The molecule has 2 heterocycles. The molecule has 0 amide bonds. The van der Waals surface area contributed by atoms with Crippen LogP contribution in [0.1, 0.15) is 49.1 Å². The largest absolute Gasteiger partial charge is 0.441 e. The highest BCUT2D eigenvalue weighted by molar-refractivity contribution is 5.48. The van der Waals surface area contributed by atoms with Gasteiger partial charge in [0, 0.05) is 18.1 Å². The summed E-state index contributed by atoms with van der Waals surface area (Å²) in [7, 11) is 0. The standard InChI is InChI=1S/C20H22N2O3/c1-14-5-6-16(10-9-15-7-8-15)12-18(14)22-20(23)25-19(21-22)13-17-4-2-3-11-24-17/h5-6,12,15,17H,2-4,7-8,11,13H2,1H3. The van der Waals surface area contributed by atoms with Gasteiger partial charge in [-0.3, -0.25) is 0 Å². The average molecular weight is 338 g/mol. The van der Waals surface area contributed by atoms with E-state index in [9.17, 15) is 4.79 Å². The van der Waals surface area contributed by atoms with Gasteiger partial charge in [0.25, 0.3) is 0 Å². The van der Waals surface area contributed by atoms with Crippen LogP contribution in [-0.4, -0.2) is 22.5 Å². The maximum atomic E-state index is 12.3. The first-order valence-electron chi connectivity index (χ1n) is 9.02. The minimum atomic E-state index is -0.457. The predicted molar refractivity (Wildman–Crippen MR) is 93.7 cm³/mol. The minimum Gasteiger partial charge on any atom is -0.392 e. The fourth-order valence-electron chi connectivity index (χ4n) is 3.04. The molecule has 1 saturated carbocycles. The van der Waals surface area contributed by atoms with E-state index >= 15 is 0 Å². The first kappa shape index (κ1) is 16.2. The lowest BCUT2D eigenvalue weighted by Gasteiger charge is -2.20. The van der Waals surface area contributed by atoms with Gasteiger partial charge in [0.2, 0.25) is 5.89 Å². The molecule has 0 N–H and O–H groups in total. The molecule has 25 heavy (non-hydrogen) atoms. The molecule has 130 valence electrons. The minimum absolute atomic E-state index is 0.0945. The van der Waals surface area contributed by atoms with Gasteiger partial charge in [-0.15, -0.1) is 5.10 Å². The highest BCUT2D eigenvalue weighted by Gasteiger charge is 2.20. The Morgan fingerprint density at radius 3 is 2.92 bits per heavy atom. The van der Waals surface area contributed by atoms with Crippen LogP contribution < -0.4 is 5.76 Å². The van der Waals surface area contributed by atoms with Crippen molar-refractivity contribution in [2.45, 2.75) is 51.6 Å². The molecule has 2 aliphatic rings. The van der Waals surface area contributed by atoms with Gasteiger partial charge < -0.3 is 9.15 Å². The number of hydrogen-bond donors (Lipinski definition) is 0. The van der Waals surface area contributed by atoms with Crippen LogP contribution in [0.4, 0.5) is 0 Å². The van der Waals surface area contributed by atoms with Crippen molar-refractivity contribution in [3.8, 4) is 17.5 Å². The van der Waals surface area contributed by atoms with E-state index in [2.05, 4.69) is 16.9 Å². The summed E-state index contributed by atoms with van der Waals surface area (Å²) in [5, 5.41) is 4.39. The Bertz CT molecular complexity index is 874. The van der Waals surface area contributed by atoms with E-state index in [4.69, 9.17) is 9.15 Å². The first-order chi connectivity index (χ1) is 12.2. The molecule has 5 heteroatoms. The van der Waals surface area contributed by atoms with E-state index in [1.54, 1.807) is 0 Å². The van der Waals surface area contributed by atoms with Gasteiger partial charge in [0.15, 0.2) is 0 Å². The summed E-state index contributed by atoms with van der Waals surface area (Å²) in [6.07, 6.45) is 6.27. The second kappa shape index (κ2) is 6.89. The summed E-state index contributed by atoms with van der Waals surface area (Å²) >= 11 is 0. The third-order valence-corrected chi connectivity index (χ3v) is 4.70.